The summed E-state index contributed by atoms with van der Waals surface area (Å²) in [5, 5.41) is 2.96. The first-order valence-corrected chi connectivity index (χ1v) is 10.00. The van der Waals surface area contributed by atoms with Crippen LogP contribution in [0.2, 0.25) is 5.02 Å². The first-order chi connectivity index (χ1) is 11.7. The second-order valence-corrected chi connectivity index (χ2v) is 8.71. The molecule has 2 heterocycles. The zero-order valence-electron chi connectivity index (χ0n) is 13.5. The number of sulfone groups is 1. The molecule has 1 N–H and O–H groups in total. The molecule has 136 valence electrons. The average molecular weight is 389 g/mol. The molecule has 0 saturated carbocycles. The maximum atomic E-state index is 12.4. The van der Waals surface area contributed by atoms with Crippen molar-refractivity contribution in [2.75, 3.05) is 18.8 Å². The molecule has 8 nitrogen and oxygen atoms in total. The van der Waals surface area contributed by atoms with Gasteiger partial charge in [-0.2, -0.15) is 0 Å². The summed E-state index contributed by atoms with van der Waals surface area (Å²) in [4.78, 5) is 25.6. The van der Waals surface area contributed by atoms with Crippen molar-refractivity contribution in [1.82, 2.24) is 10.2 Å². The summed E-state index contributed by atoms with van der Waals surface area (Å²) >= 11 is 6.09. The van der Waals surface area contributed by atoms with Crippen LogP contribution >= 0.6 is 11.6 Å². The number of hydrogen-bond acceptors (Lipinski definition) is 6. The Kier molecular flexibility index (Phi) is 4.90. The third-order valence-electron chi connectivity index (χ3n) is 3.96. The maximum Gasteiger partial charge on any atom is 0.325 e. The number of imide groups is 1. The number of rotatable bonds is 5. The van der Waals surface area contributed by atoms with Crippen LogP contribution in [0.5, 0.6) is 5.75 Å². The van der Waals surface area contributed by atoms with Gasteiger partial charge in [0.1, 0.15) is 21.6 Å². The SMILES string of the molecule is CS(=O)(=O)CC[C@H]1NC(=O)N(Cc2cc(Cl)cc3c2OCOC3)C1=O. The highest BCUT2D eigenvalue weighted by Crippen LogP contribution is 2.33. The van der Waals surface area contributed by atoms with E-state index in [0.29, 0.717) is 22.9 Å². The van der Waals surface area contributed by atoms with E-state index in [9.17, 15) is 18.0 Å². The van der Waals surface area contributed by atoms with Gasteiger partial charge in [0.25, 0.3) is 5.91 Å². The summed E-state index contributed by atoms with van der Waals surface area (Å²) in [6.07, 6.45) is 1.13. The standard InChI is InChI=1S/C15H17ClN2O6S/c1-25(21,22)3-2-12-14(19)18(15(20)17-12)6-9-4-11(16)5-10-7-23-8-24-13(9)10/h4-5,12H,2-3,6-8H2,1H3,(H,17,20)/t12-/m1/s1. The molecule has 0 spiro atoms. The van der Waals surface area contributed by atoms with Gasteiger partial charge in [-0.1, -0.05) is 11.6 Å². The van der Waals surface area contributed by atoms with Crippen LogP contribution < -0.4 is 10.1 Å². The van der Waals surface area contributed by atoms with Crippen molar-refractivity contribution in [3.8, 4) is 5.75 Å². The van der Waals surface area contributed by atoms with Crippen LogP contribution in [0.1, 0.15) is 17.5 Å². The molecule has 1 atom stereocenters. The third-order valence-corrected chi connectivity index (χ3v) is 5.16. The molecule has 0 bridgehead atoms. The zero-order chi connectivity index (χ0) is 18.2. The number of nitrogens with zero attached hydrogens (tertiary/aromatic N) is 1. The van der Waals surface area contributed by atoms with Gasteiger partial charge in [-0.15, -0.1) is 0 Å². The van der Waals surface area contributed by atoms with Crippen molar-refractivity contribution < 1.29 is 27.5 Å². The Bertz CT molecular complexity index is 826. The van der Waals surface area contributed by atoms with E-state index in [1.807, 2.05) is 0 Å². The predicted octanol–water partition coefficient (Wildman–Crippen LogP) is 1.06. The number of amides is 3. The summed E-state index contributed by atoms with van der Waals surface area (Å²) in [6, 6.07) is 1.93. The lowest BCUT2D eigenvalue weighted by Crippen LogP contribution is -2.32. The number of carbonyl (C=O) groups excluding carboxylic acids is 2. The molecule has 0 radical (unpaired) electrons. The molecule has 1 fully saturated rings. The first-order valence-electron chi connectivity index (χ1n) is 7.56. The Labute approximate surface area is 149 Å². The minimum Gasteiger partial charge on any atom is -0.467 e. The summed E-state index contributed by atoms with van der Waals surface area (Å²) in [5.41, 5.74) is 1.34. The predicted molar refractivity (Wildman–Crippen MR) is 88.9 cm³/mol. The van der Waals surface area contributed by atoms with Crippen LogP contribution in [-0.4, -0.2) is 50.1 Å². The van der Waals surface area contributed by atoms with Gasteiger partial charge in [0, 0.05) is 22.4 Å². The van der Waals surface area contributed by atoms with Crippen LogP contribution in [0.25, 0.3) is 0 Å². The molecular formula is C15H17ClN2O6S. The average Bonchev–Trinajstić information content (AvgIpc) is 2.79. The molecule has 1 aromatic rings. The fraction of sp³-hybridized carbons (Fsp3) is 0.467. The third kappa shape index (κ3) is 4.05. The van der Waals surface area contributed by atoms with Gasteiger partial charge >= 0.3 is 6.03 Å². The fourth-order valence-electron chi connectivity index (χ4n) is 2.80. The lowest BCUT2D eigenvalue weighted by Gasteiger charge is -2.23. The number of hydrogen-bond donors (Lipinski definition) is 1. The lowest BCUT2D eigenvalue weighted by molar-refractivity contribution is -0.127. The highest BCUT2D eigenvalue weighted by atomic mass is 35.5. The number of ether oxygens (including phenoxy) is 2. The van der Waals surface area contributed by atoms with Crippen molar-refractivity contribution in [2.24, 2.45) is 0 Å². The monoisotopic (exact) mass is 388 g/mol. The fourth-order valence-corrected chi connectivity index (χ4v) is 3.73. The van der Waals surface area contributed by atoms with Crippen LogP contribution in [0, 0.1) is 0 Å². The van der Waals surface area contributed by atoms with E-state index in [1.54, 1.807) is 12.1 Å². The molecule has 3 rings (SSSR count). The van der Waals surface area contributed by atoms with Gasteiger partial charge in [0.15, 0.2) is 6.79 Å². The maximum absolute atomic E-state index is 12.4. The van der Waals surface area contributed by atoms with Crippen molar-refractivity contribution in [1.29, 1.82) is 0 Å². The molecule has 1 saturated heterocycles. The van der Waals surface area contributed by atoms with Crippen molar-refractivity contribution in [2.45, 2.75) is 25.6 Å². The van der Waals surface area contributed by atoms with Gasteiger partial charge < -0.3 is 14.8 Å². The Morgan fingerprint density at radius 1 is 1.36 bits per heavy atom. The van der Waals surface area contributed by atoms with Crippen LogP contribution in [0.3, 0.4) is 0 Å². The Hall–Kier alpha value is -1.84. The minimum absolute atomic E-state index is 0.0110. The summed E-state index contributed by atoms with van der Waals surface area (Å²) < 4.78 is 33.2. The van der Waals surface area contributed by atoms with Crippen molar-refractivity contribution in [3.05, 3.63) is 28.3 Å². The van der Waals surface area contributed by atoms with Gasteiger partial charge in [0.05, 0.1) is 18.9 Å². The number of carbonyl (C=O) groups is 2. The van der Waals surface area contributed by atoms with Crippen LogP contribution in [-0.2, 0) is 32.5 Å². The summed E-state index contributed by atoms with van der Waals surface area (Å²) in [5.74, 6) is -0.0878. The quantitative estimate of drug-likeness (QED) is 0.757. The minimum atomic E-state index is -3.22. The topological polar surface area (TPSA) is 102 Å². The largest absolute Gasteiger partial charge is 0.467 e. The van der Waals surface area contributed by atoms with Crippen LogP contribution in [0.15, 0.2) is 12.1 Å². The second kappa shape index (κ2) is 6.81. The van der Waals surface area contributed by atoms with Gasteiger partial charge in [-0.05, 0) is 18.6 Å². The van der Waals surface area contributed by atoms with E-state index in [-0.39, 0.29) is 25.5 Å². The highest BCUT2D eigenvalue weighted by molar-refractivity contribution is 7.90. The van der Waals surface area contributed by atoms with E-state index in [1.165, 1.54) is 0 Å². The van der Waals surface area contributed by atoms with Crippen molar-refractivity contribution >= 4 is 33.4 Å². The number of benzene rings is 1. The first kappa shape index (κ1) is 18.0. The molecule has 2 aliphatic rings. The normalized spacial score (nSPS) is 20.2. The molecule has 0 unspecified atom stereocenters. The summed E-state index contributed by atoms with van der Waals surface area (Å²) in [7, 11) is -3.22. The number of fused-ring (bicyclic) bond motifs is 1. The lowest BCUT2D eigenvalue weighted by atomic mass is 10.1. The molecule has 25 heavy (non-hydrogen) atoms. The second-order valence-electron chi connectivity index (χ2n) is 6.01. The smallest absolute Gasteiger partial charge is 0.325 e. The molecule has 10 heteroatoms. The van der Waals surface area contributed by atoms with Gasteiger partial charge in [-0.25, -0.2) is 13.2 Å². The Morgan fingerprint density at radius 2 is 2.12 bits per heavy atom. The number of nitrogens with one attached hydrogen (secondary N) is 1. The van der Waals surface area contributed by atoms with Crippen LogP contribution in [0.4, 0.5) is 4.79 Å². The van der Waals surface area contributed by atoms with E-state index < -0.39 is 27.8 Å². The molecule has 2 aliphatic heterocycles. The van der Waals surface area contributed by atoms with Crippen molar-refractivity contribution in [3.63, 3.8) is 0 Å². The van der Waals surface area contributed by atoms with Gasteiger partial charge in [-0.3, -0.25) is 9.69 Å². The molecule has 0 aliphatic carbocycles. The Morgan fingerprint density at radius 3 is 2.84 bits per heavy atom. The zero-order valence-corrected chi connectivity index (χ0v) is 15.0. The molecule has 1 aromatic carbocycles. The summed E-state index contributed by atoms with van der Waals surface area (Å²) in [6.45, 7) is 0.404. The van der Waals surface area contributed by atoms with E-state index in [2.05, 4.69) is 5.32 Å². The molecular weight excluding hydrogens is 372 g/mol. The van der Waals surface area contributed by atoms with E-state index in [4.69, 9.17) is 21.1 Å². The Balaban J connectivity index is 1.78. The highest BCUT2D eigenvalue weighted by Gasteiger charge is 2.38. The van der Waals surface area contributed by atoms with E-state index in [0.717, 1.165) is 16.7 Å². The number of halogens is 1. The van der Waals surface area contributed by atoms with Gasteiger partial charge in [0.2, 0.25) is 0 Å². The van der Waals surface area contributed by atoms with E-state index >= 15 is 0 Å². The molecule has 0 aromatic heterocycles. The number of urea groups is 1. The molecule has 3 amide bonds.